The zero-order chi connectivity index (χ0) is 15.1. The van der Waals surface area contributed by atoms with Crippen molar-refractivity contribution in [1.29, 1.82) is 0 Å². The third-order valence-electron chi connectivity index (χ3n) is 4.43. The van der Waals surface area contributed by atoms with E-state index in [0.29, 0.717) is 12.0 Å². The van der Waals surface area contributed by atoms with Gasteiger partial charge in [0.1, 0.15) is 5.82 Å². The highest BCUT2D eigenvalue weighted by Crippen LogP contribution is 2.24. The van der Waals surface area contributed by atoms with Crippen LogP contribution in [-0.2, 0) is 6.54 Å². The third-order valence-corrected chi connectivity index (χ3v) is 4.43. The Hall–Kier alpha value is -1.09. The van der Waals surface area contributed by atoms with Gasteiger partial charge in [-0.3, -0.25) is 0 Å². The summed E-state index contributed by atoms with van der Waals surface area (Å²) >= 11 is 0. The molecule has 2 rings (SSSR count). The fraction of sp³-hybridized carbons (Fsp3) is 0.722. The highest BCUT2D eigenvalue weighted by molar-refractivity contribution is 5.41. The molecule has 1 aromatic heterocycles. The summed E-state index contributed by atoms with van der Waals surface area (Å²) in [5, 5.41) is 3.51. The molecule has 1 fully saturated rings. The number of nitrogens with zero attached hydrogens (tertiary/aromatic N) is 2. The number of pyridine rings is 1. The lowest BCUT2D eigenvalue weighted by Crippen LogP contribution is -2.31. The first-order valence-corrected chi connectivity index (χ1v) is 8.55. The van der Waals surface area contributed by atoms with E-state index in [2.05, 4.69) is 48.2 Å². The lowest BCUT2D eigenvalue weighted by Gasteiger charge is -2.28. The Labute approximate surface area is 130 Å². The molecule has 0 spiro atoms. The van der Waals surface area contributed by atoms with Crippen LogP contribution < -0.4 is 10.2 Å². The van der Waals surface area contributed by atoms with Gasteiger partial charge in [0.15, 0.2) is 0 Å². The van der Waals surface area contributed by atoms with Crippen molar-refractivity contribution in [3.63, 3.8) is 0 Å². The average Bonchev–Trinajstić information content (AvgIpc) is 2.75. The summed E-state index contributed by atoms with van der Waals surface area (Å²) in [5.41, 5.74) is 1.33. The summed E-state index contributed by atoms with van der Waals surface area (Å²) in [4.78, 5) is 6.99. The van der Waals surface area contributed by atoms with E-state index in [1.165, 1.54) is 44.1 Å². The normalized spacial score (nSPS) is 17.0. The molecule has 0 bridgehead atoms. The standard InChI is InChI=1S/C18H31N3/c1-15(2)13-19-14-16-10-11-20-18(12-16)21(3)17-8-6-4-5-7-9-17/h10-12,15,17,19H,4-9,13-14H2,1-3H3. The molecule has 0 unspecified atom stereocenters. The second kappa shape index (κ2) is 8.38. The number of nitrogens with one attached hydrogen (secondary N) is 1. The van der Waals surface area contributed by atoms with Gasteiger partial charge in [-0.2, -0.15) is 0 Å². The van der Waals surface area contributed by atoms with E-state index in [-0.39, 0.29) is 0 Å². The van der Waals surface area contributed by atoms with Gasteiger partial charge in [-0.1, -0.05) is 39.5 Å². The number of anilines is 1. The highest BCUT2D eigenvalue weighted by Gasteiger charge is 2.18. The minimum Gasteiger partial charge on any atom is -0.357 e. The summed E-state index contributed by atoms with van der Waals surface area (Å²) in [6.45, 7) is 6.48. The van der Waals surface area contributed by atoms with Crippen LogP contribution in [0.5, 0.6) is 0 Å². The van der Waals surface area contributed by atoms with Gasteiger partial charge in [0.05, 0.1) is 0 Å². The Morgan fingerprint density at radius 3 is 2.62 bits per heavy atom. The SMILES string of the molecule is CC(C)CNCc1ccnc(N(C)C2CCCCCC2)c1. The Bertz CT molecular complexity index is 409. The molecular weight excluding hydrogens is 258 g/mol. The minimum atomic E-state index is 0.666. The van der Waals surface area contributed by atoms with Crippen LogP contribution in [-0.4, -0.2) is 24.6 Å². The molecule has 21 heavy (non-hydrogen) atoms. The van der Waals surface area contributed by atoms with Gasteiger partial charge in [0.2, 0.25) is 0 Å². The molecule has 0 radical (unpaired) electrons. The van der Waals surface area contributed by atoms with Gasteiger partial charge in [-0.25, -0.2) is 4.98 Å². The van der Waals surface area contributed by atoms with Crippen molar-refractivity contribution < 1.29 is 0 Å². The van der Waals surface area contributed by atoms with Crippen LogP contribution in [0.15, 0.2) is 18.3 Å². The third kappa shape index (κ3) is 5.31. The van der Waals surface area contributed by atoms with E-state index in [1.54, 1.807) is 0 Å². The van der Waals surface area contributed by atoms with E-state index >= 15 is 0 Å². The summed E-state index contributed by atoms with van der Waals surface area (Å²) in [7, 11) is 2.21. The van der Waals surface area contributed by atoms with Gasteiger partial charge < -0.3 is 10.2 Å². The summed E-state index contributed by atoms with van der Waals surface area (Å²) in [5.74, 6) is 1.82. The second-order valence-electron chi connectivity index (χ2n) is 6.80. The molecule has 0 atom stereocenters. The molecule has 3 heteroatoms. The monoisotopic (exact) mass is 289 g/mol. The Balaban J connectivity index is 1.95. The van der Waals surface area contributed by atoms with E-state index in [1.807, 2.05) is 6.20 Å². The van der Waals surface area contributed by atoms with Gasteiger partial charge in [0.25, 0.3) is 0 Å². The minimum absolute atomic E-state index is 0.666. The number of hydrogen-bond donors (Lipinski definition) is 1. The maximum absolute atomic E-state index is 4.59. The van der Waals surface area contributed by atoms with Crippen LogP contribution in [0.1, 0.15) is 57.9 Å². The molecule has 1 aliphatic rings. The van der Waals surface area contributed by atoms with Crippen LogP contribution in [0.4, 0.5) is 5.82 Å². The predicted molar refractivity (Wildman–Crippen MR) is 90.7 cm³/mol. The number of hydrogen-bond acceptors (Lipinski definition) is 3. The lowest BCUT2D eigenvalue weighted by molar-refractivity contribution is 0.545. The first-order chi connectivity index (χ1) is 10.2. The summed E-state index contributed by atoms with van der Waals surface area (Å²) < 4.78 is 0. The van der Waals surface area contributed by atoms with Crippen molar-refractivity contribution in [2.24, 2.45) is 5.92 Å². The average molecular weight is 289 g/mol. The molecule has 118 valence electrons. The Morgan fingerprint density at radius 1 is 1.24 bits per heavy atom. The zero-order valence-corrected chi connectivity index (χ0v) is 13.9. The van der Waals surface area contributed by atoms with Crippen molar-refractivity contribution in [3.8, 4) is 0 Å². The van der Waals surface area contributed by atoms with E-state index < -0.39 is 0 Å². The van der Waals surface area contributed by atoms with Crippen LogP contribution >= 0.6 is 0 Å². The molecule has 0 aliphatic heterocycles. The summed E-state index contributed by atoms with van der Waals surface area (Å²) in [6, 6.07) is 5.04. The van der Waals surface area contributed by atoms with Crippen molar-refractivity contribution in [3.05, 3.63) is 23.9 Å². The molecule has 1 aliphatic carbocycles. The van der Waals surface area contributed by atoms with E-state index in [0.717, 1.165) is 18.9 Å². The van der Waals surface area contributed by atoms with Crippen LogP contribution in [0, 0.1) is 5.92 Å². The van der Waals surface area contributed by atoms with Gasteiger partial charge in [0, 0.05) is 25.8 Å². The molecule has 1 aromatic rings. The number of aromatic nitrogens is 1. The molecular formula is C18H31N3. The zero-order valence-electron chi connectivity index (χ0n) is 13.9. The maximum atomic E-state index is 4.59. The van der Waals surface area contributed by atoms with Crippen LogP contribution in [0.3, 0.4) is 0 Å². The van der Waals surface area contributed by atoms with Gasteiger partial charge in [-0.15, -0.1) is 0 Å². The van der Waals surface area contributed by atoms with Crippen molar-refractivity contribution >= 4 is 5.82 Å². The van der Waals surface area contributed by atoms with Crippen LogP contribution in [0.2, 0.25) is 0 Å². The Morgan fingerprint density at radius 2 is 1.95 bits per heavy atom. The smallest absolute Gasteiger partial charge is 0.128 e. The van der Waals surface area contributed by atoms with E-state index in [9.17, 15) is 0 Å². The molecule has 0 saturated heterocycles. The fourth-order valence-electron chi connectivity index (χ4n) is 3.10. The van der Waals surface area contributed by atoms with Gasteiger partial charge >= 0.3 is 0 Å². The van der Waals surface area contributed by atoms with Crippen molar-refractivity contribution in [1.82, 2.24) is 10.3 Å². The van der Waals surface area contributed by atoms with Crippen LogP contribution in [0.25, 0.3) is 0 Å². The predicted octanol–water partition coefficient (Wildman–Crippen LogP) is 3.99. The molecule has 0 aromatic carbocycles. The first-order valence-electron chi connectivity index (χ1n) is 8.55. The molecule has 0 amide bonds. The summed E-state index contributed by atoms with van der Waals surface area (Å²) in [6.07, 6.45) is 10.1. The second-order valence-corrected chi connectivity index (χ2v) is 6.80. The lowest BCUT2D eigenvalue weighted by atomic mass is 10.1. The fourth-order valence-corrected chi connectivity index (χ4v) is 3.10. The van der Waals surface area contributed by atoms with E-state index in [4.69, 9.17) is 0 Å². The molecule has 1 heterocycles. The Kier molecular flexibility index (Phi) is 6.50. The van der Waals surface area contributed by atoms with Crippen molar-refractivity contribution in [2.75, 3.05) is 18.5 Å². The number of rotatable bonds is 6. The molecule has 1 saturated carbocycles. The van der Waals surface area contributed by atoms with Crippen molar-refractivity contribution in [2.45, 2.75) is 65.0 Å². The molecule has 3 nitrogen and oxygen atoms in total. The maximum Gasteiger partial charge on any atom is 0.128 e. The largest absolute Gasteiger partial charge is 0.357 e. The quantitative estimate of drug-likeness (QED) is 0.803. The van der Waals surface area contributed by atoms with Gasteiger partial charge in [-0.05, 0) is 43.0 Å². The topological polar surface area (TPSA) is 28.2 Å². The molecule has 1 N–H and O–H groups in total. The first kappa shape index (κ1) is 16.3. The highest BCUT2D eigenvalue weighted by atomic mass is 15.2.